The van der Waals surface area contributed by atoms with Crippen LogP contribution >= 0.6 is 0 Å². The molecule has 114 valence electrons. The summed E-state index contributed by atoms with van der Waals surface area (Å²) in [5, 5.41) is -2.50. The Kier molecular flexibility index (Phi) is 5.35. The summed E-state index contributed by atoms with van der Waals surface area (Å²) in [6.45, 7) is 0.395. The number of ether oxygens (including phenoxy) is 1. The van der Waals surface area contributed by atoms with Gasteiger partial charge in [-0.3, -0.25) is 9.29 Å². The Bertz CT molecular complexity index is 519. The van der Waals surface area contributed by atoms with Gasteiger partial charge in [0.15, 0.2) is 5.25 Å². The molecule has 1 aromatic heterocycles. The van der Waals surface area contributed by atoms with Crippen molar-refractivity contribution in [3.05, 3.63) is 24.5 Å². The van der Waals surface area contributed by atoms with Gasteiger partial charge in [-0.05, 0) is 19.1 Å². The van der Waals surface area contributed by atoms with Crippen LogP contribution in [-0.4, -0.2) is 45.1 Å². The van der Waals surface area contributed by atoms with E-state index in [-0.39, 0.29) is 18.8 Å². The van der Waals surface area contributed by atoms with Crippen molar-refractivity contribution in [2.75, 3.05) is 24.6 Å². The van der Waals surface area contributed by atoms with E-state index in [1.807, 2.05) is 0 Å². The fraction of sp³-hybridized carbons (Fsp3) is 0.545. The van der Waals surface area contributed by atoms with E-state index in [1.54, 1.807) is 0 Å². The summed E-state index contributed by atoms with van der Waals surface area (Å²) in [5.74, 6) is 0. The number of halogens is 3. The zero-order chi connectivity index (χ0) is 15.4. The van der Waals surface area contributed by atoms with Crippen molar-refractivity contribution < 1.29 is 26.3 Å². The smallest absolute Gasteiger partial charge is 0.383 e. The van der Waals surface area contributed by atoms with Gasteiger partial charge in [-0.2, -0.15) is 13.2 Å². The molecule has 1 rings (SSSR count). The van der Waals surface area contributed by atoms with E-state index in [9.17, 15) is 21.6 Å². The van der Waals surface area contributed by atoms with Gasteiger partial charge in [-0.25, -0.2) is 8.42 Å². The van der Waals surface area contributed by atoms with E-state index in [0.717, 1.165) is 0 Å². The number of hydrogen-bond donors (Lipinski definition) is 0. The number of rotatable bonds is 6. The van der Waals surface area contributed by atoms with Crippen LogP contribution in [0.1, 0.15) is 6.92 Å². The highest BCUT2D eigenvalue weighted by Crippen LogP contribution is 2.30. The molecule has 0 aliphatic heterocycles. The van der Waals surface area contributed by atoms with E-state index in [0.29, 0.717) is 11.2 Å². The number of anilines is 1. The van der Waals surface area contributed by atoms with Crippen LogP contribution < -0.4 is 4.31 Å². The van der Waals surface area contributed by atoms with Crippen molar-refractivity contribution >= 4 is 15.7 Å². The predicted molar refractivity (Wildman–Crippen MR) is 67.9 cm³/mol. The number of sulfonamides is 1. The molecular formula is C11H15F3N2O3S. The van der Waals surface area contributed by atoms with Crippen LogP contribution in [0.25, 0.3) is 0 Å². The average Bonchev–Trinajstić information content (AvgIpc) is 2.38. The van der Waals surface area contributed by atoms with Gasteiger partial charge < -0.3 is 4.74 Å². The molecule has 0 aromatic carbocycles. The summed E-state index contributed by atoms with van der Waals surface area (Å²) >= 11 is 0. The lowest BCUT2D eigenvalue weighted by Crippen LogP contribution is -2.45. The molecule has 0 saturated carbocycles. The monoisotopic (exact) mass is 312 g/mol. The second-order valence-electron chi connectivity index (χ2n) is 4.00. The molecule has 0 radical (unpaired) electrons. The molecule has 0 fully saturated rings. The van der Waals surface area contributed by atoms with Crippen molar-refractivity contribution in [1.29, 1.82) is 0 Å². The van der Waals surface area contributed by atoms with E-state index in [1.165, 1.54) is 31.6 Å². The zero-order valence-corrected chi connectivity index (χ0v) is 11.8. The number of alkyl halides is 3. The second-order valence-corrected chi connectivity index (χ2v) is 6.18. The third-order valence-corrected chi connectivity index (χ3v) is 4.83. The Morgan fingerprint density at radius 2 is 1.90 bits per heavy atom. The van der Waals surface area contributed by atoms with Crippen molar-refractivity contribution in [2.24, 2.45) is 0 Å². The number of pyridine rings is 1. The van der Waals surface area contributed by atoms with Crippen LogP contribution in [0, 0.1) is 0 Å². The van der Waals surface area contributed by atoms with E-state index in [2.05, 4.69) is 4.98 Å². The van der Waals surface area contributed by atoms with Gasteiger partial charge in [-0.15, -0.1) is 0 Å². The summed E-state index contributed by atoms with van der Waals surface area (Å²) in [4.78, 5) is 3.71. The van der Waals surface area contributed by atoms with Crippen molar-refractivity contribution in [3.8, 4) is 0 Å². The molecule has 9 heteroatoms. The minimum atomic E-state index is -4.84. The molecule has 0 amide bonds. The minimum absolute atomic E-state index is 0.0217. The SMILES string of the molecule is COCCN(c1ccncc1)S(=O)(=O)C(C)C(F)(F)F. The summed E-state index contributed by atoms with van der Waals surface area (Å²) in [6.07, 6.45) is -2.22. The Labute approximate surface area is 115 Å². The van der Waals surface area contributed by atoms with Crippen LogP contribution in [0.4, 0.5) is 18.9 Å². The highest BCUT2D eigenvalue weighted by Gasteiger charge is 2.47. The highest BCUT2D eigenvalue weighted by molar-refractivity contribution is 7.93. The van der Waals surface area contributed by atoms with Gasteiger partial charge in [0.05, 0.1) is 18.8 Å². The maximum atomic E-state index is 12.7. The van der Waals surface area contributed by atoms with Gasteiger partial charge in [0.25, 0.3) is 0 Å². The van der Waals surface area contributed by atoms with Gasteiger partial charge in [0, 0.05) is 19.5 Å². The second kappa shape index (κ2) is 6.40. The Morgan fingerprint density at radius 1 is 1.35 bits per heavy atom. The molecule has 0 saturated heterocycles. The lowest BCUT2D eigenvalue weighted by Gasteiger charge is -2.28. The first-order valence-electron chi connectivity index (χ1n) is 5.68. The van der Waals surface area contributed by atoms with Crippen molar-refractivity contribution in [1.82, 2.24) is 4.98 Å². The molecule has 1 unspecified atom stereocenters. The van der Waals surface area contributed by atoms with Crippen LogP contribution in [0.3, 0.4) is 0 Å². The summed E-state index contributed by atoms with van der Waals surface area (Å²) < 4.78 is 67.8. The molecule has 0 aliphatic carbocycles. The first-order valence-corrected chi connectivity index (χ1v) is 7.18. The Balaban J connectivity index is 3.17. The predicted octanol–water partition coefficient (Wildman–Crippen LogP) is 1.82. The van der Waals surface area contributed by atoms with E-state index in [4.69, 9.17) is 4.74 Å². The molecule has 5 nitrogen and oxygen atoms in total. The number of methoxy groups -OCH3 is 1. The summed E-state index contributed by atoms with van der Waals surface area (Å²) in [6, 6.07) is 2.66. The fourth-order valence-corrected chi connectivity index (χ4v) is 2.91. The fourth-order valence-electron chi connectivity index (χ4n) is 1.45. The van der Waals surface area contributed by atoms with E-state index >= 15 is 0 Å². The van der Waals surface area contributed by atoms with Crippen molar-refractivity contribution in [2.45, 2.75) is 18.3 Å². The first-order chi connectivity index (χ1) is 9.21. The third kappa shape index (κ3) is 3.83. The number of hydrogen-bond acceptors (Lipinski definition) is 4. The summed E-state index contributed by atoms with van der Waals surface area (Å²) in [7, 11) is -3.25. The molecule has 1 aromatic rings. The molecule has 0 spiro atoms. The topological polar surface area (TPSA) is 59.5 Å². The van der Waals surface area contributed by atoms with Gasteiger partial charge >= 0.3 is 6.18 Å². The molecule has 0 bridgehead atoms. The van der Waals surface area contributed by atoms with Crippen LogP contribution in [-0.2, 0) is 14.8 Å². The van der Waals surface area contributed by atoms with Gasteiger partial charge in [0.1, 0.15) is 0 Å². The molecule has 20 heavy (non-hydrogen) atoms. The maximum absolute atomic E-state index is 12.7. The maximum Gasteiger partial charge on any atom is 0.407 e. The third-order valence-electron chi connectivity index (χ3n) is 2.66. The molecular weight excluding hydrogens is 297 g/mol. The zero-order valence-electron chi connectivity index (χ0n) is 11.0. The molecule has 0 aliphatic rings. The van der Waals surface area contributed by atoms with Gasteiger partial charge in [-0.1, -0.05) is 0 Å². The first kappa shape index (κ1) is 16.7. The largest absolute Gasteiger partial charge is 0.407 e. The average molecular weight is 312 g/mol. The molecule has 0 N–H and O–H groups in total. The van der Waals surface area contributed by atoms with Crippen LogP contribution in [0.2, 0.25) is 0 Å². The van der Waals surface area contributed by atoms with E-state index < -0.39 is 21.4 Å². The Hall–Kier alpha value is -1.35. The summed E-state index contributed by atoms with van der Waals surface area (Å²) in [5.41, 5.74) is 0.119. The number of aromatic nitrogens is 1. The van der Waals surface area contributed by atoms with Gasteiger partial charge in [0.2, 0.25) is 10.0 Å². The van der Waals surface area contributed by atoms with Crippen molar-refractivity contribution in [3.63, 3.8) is 0 Å². The lowest BCUT2D eigenvalue weighted by atomic mass is 10.4. The normalized spacial score (nSPS) is 14.1. The molecule has 1 heterocycles. The van der Waals surface area contributed by atoms with Crippen LogP contribution in [0.15, 0.2) is 24.5 Å². The van der Waals surface area contributed by atoms with Crippen LogP contribution in [0.5, 0.6) is 0 Å². The highest BCUT2D eigenvalue weighted by atomic mass is 32.2. The molecule has 1 atom stereocenters. The minimum Gasteiger partial charge on any atom is -0.383 e. The standard InChI is InChI=1S/C11H15F3N2O3S/c1-9(11(12,13)14)20(17,18)16(7-8-19-2)10-3-5-15-6-4-10/h3-6,9H,7-8H2,1-2H3. The quantitative estimate of drug-likeness (QED) is 0.804. The number of nitrogens with zero attached hydrogens (tertiary/aromatic N) is 2. The Morgan fingerprint density at radius 3 is 2.35 bits per heavy atom. The lowest BCUT2D eigenvalue weighted by molar-refractivity contribution is -0.126.